The van der Waals surface area contributed by atoms with Crippen LogP contribution in [0.2, 0.25) is 0 Å². The maximum absolute atomic E-state index is 13.6. The monoisotopic (exact) mass is 864 g/mol. The molecule has 0 unspecified atom stereocenters. The van der Waals surface area contributed by atoms with Gasteiger partial charge in [0.25, 0.3) is 0 Å². The summed E-state index contributed by atoms with van der Waals surface area (Å²) in [5, 5.41) is 7.71. The number of H-pyrrole nitrogens is 2. The molecular formula is C50H56N8O6. The van der Waals surface area contributed by atoms with Crippen molar-refractivity contribution >= 4 is 34.8 Å². The van der Waals surface area contributed by atoms with Crippen LogP contribution < -0.4 is 10.6 Å². The van der Waals surface area contributed by atoms with Gasteiger partial charge in [-0.1, -0.05) is 113 Å². The molecule has 4 atom stereocenters. The number of imidazole rings is 2. The quantitative estimate of drug-likeness (QED) is 0.0943. The molecule has 4 heterocycles. The van der Waals surface area contributed by atoms with Gasteiger partial charge in [0.2, 0.25) is 11.8 Å². The third-order valence-corrected chi connectivity index (χ3v) is 12.6. The third-order valence-electron chi connectivity index (χ3n) is 12.6. The first-order chi connectivity index (χ1) is 30.9. The molecule has 0 saturated carbocycles. The first-order valence-electron chi connectivity index (χ1n) is 22.1. The van der Waals surface area contributed by atoms with Gasteiger partial charge in [-0.2, -0.15) is 0 Å². The van der Waals surface area contributed by atoms with Crippen molar-refractivity contribution < 1.29 is 28.7 Å². The Morgan fingerprint density at radius 2 is 0.953 bits per heavy atom. The number of methoxy groups -OCH3 is 2. The summed E-state index contributed by atoms with van der Waals surface area (Å²) in [6, 6.07) is 27.9. The van der Waals surface area contributed by atoms with Crippen LogP contribution in [0.3, 0.4) is 0 Å². The molecule has 2 aliphatic heterocycles. The number of ether oxygens (including phenoxy) is 2. The van der Waals surface area contributed by atoms with Crippen molar-refractivity contribution in [1.29, 1.82) is 0 Å². The highest BCUT2D eigenvalue weighted by Crippen LogP contribution is 2.38. The minimum Gasteiger partial charge on any atom is -0.453 e. The summed E-state index contributed by atoms with van der Waals surface area (Å²) in [4.78, 5) is 71.4. The number of fused-ring (bicyclic) bond motifs is 1. The summed E-state index contributed by atoms with van der Waals surface area (Å²) in [6.45, 7) is 8.81. The summed E-state index contributed by atoms with van der Waals surface area (Å²) in [6.07, 6.45) is 5.65. The molecule has 14 heteroatoms. The Morgan fingerprint density at radius 3 is 1.31 bits per heavy atom. The van der Waals surface area contributed by atoms with Crippen LogP contribution in [0, 0.1) is 11.8 Å². The van der Waals surface area contributed by atoms with Crippen molar-refractivity contribution in [2.45, 2.75) is 77.5 Å². The number of carbonyl (C=O) groups excluding carboxylic acids is 4. The van der Waals surface area contributed by atoms with Crippen LogP contribution in [-0.4, -0.2) is 93.1 Å². The zero-order valence-corrected chi connectivity index (χ0v) is 37.2. The number of likely N-dealkylation sites (tertiary alicyclic amines) is 2. The second-order valence-electron chi connectivity index (χ2n) is 17.3. The molecule has 0 bridgehead atoms. The van der Waals surface area contributed by atoms with E-state index in [1.165, 1.54) is 14.2 Å². The molecule has 2 saturated heterocycles. The fourth-order valence-corrected chi connectivity index (χ4v) is 9.16. The Bertz CT molecular complexity index is 2450. The number of benzene rings is 4. The minimum absolute atomic E-state index is 0.109. The molecule has 8 rings (SSSR count). The number of nitrogens with one attached hydrogen (secondary N) is 4. The average Bonchev–Trinajstić information content (AvgIpc) is 4.16. The molecule has 4 aromatic carbocycles. The predicted octanol–water partition coefficient (Wildman–Crippen LogP) is 9.04. The highest BCUT2D eigenvalue weighted by atomic mass is 16.5. The molecule has 0 aliphatic carbocycles. The molecule has 4 N–H and O–H groups in total. The van der Waals surface area contributed by atoms with E-state index < -0.39 is 24.3 Å². The molecule has 0 radical (unpaired) electrons. The number of alkyl carbamates (subject to hydrolysis) is 2. The number of nitrogens with zero attached hydrogens (tertiary/aromatic N) is 4. The van der Waals surface area contributed by atoms with E-state index in [0.717, 1.165) is 92.9 Å². The van der Waals surface area contributed by atoms with E-state index in [2.05, 4.69) is 106 Å². The molecular weight excluding hydrogens is 809 g/mol. The van der Waals surface area contributed by atoms with Gasteiger partial charge >= 0.3 is 12.2 Å². The Labute approximate surface area is 373 Å². The summed E-state index contributed by atoms with van der Waals surface area (Å²) in [5.41, 5.74) is 8.12. The van der Waals surface area contributed by atoms with E-state index in [1.54, 1.807) is 0 Å². The Balaban J connectivity index is 0.971. The van der Waals surface area contributed by atoms with Crippen molar-refractivity contribution in [3.05, 3.63) is 109 Å². The van der Waals surface area contributed by atoms with Crippen LogP contribution in [-0.2, 0) is 19.1 Å². The van der Waals surface area contributed by atoms with Gasteiger partial charge in [-0.25, -0.2) is 19.6 Å². The molecule has 14 nitrogen and oxygen atoms in total. The van der Waals surface area contributed by atoms with E-state index in [9.17, 15) is 19.2 Å². The number of aromatic nitrogens is 4. The minimum atomic E-state index is -0.692. The maximum Gasteiger partial charge on any atom is 0.407 e. The molecule has 2 aliphatic rings. The van der Waals surface area contributed by atoms with Gasteiger partial charge in [0.1, 0.15) is 23.7 Å². The number of hydrogen-bond acceptors (Lipinski definition) is 8. The zero-order chi connectivity index (χ0) is 45.1. The van der Waals surface area contributed by atoms with Crippen LogP contribution in [0.15, 0.2) is 97.3 Å². The van der Waals surface area contributed by atoms with E-state index in [1.807, 2.05) is 49.9 Å². The lowest BCUT2D eigenvalue weighted by molar-refractivity contribution is -0.136. The van der Waals surface area contributed by atoms with E-state index >= 15 is 0 Å². The number of rotatable bonds is 12. The van der Waals surface area contributed by atoms with Crippen LogP contribution in [0.1, 0.15) is 77.1 Å². The van der Waals surface area contributed by atoms with Crippen molar-refractivity contribution in [2.75, 3.05) is 27.3 Å². The van der Waals surface area contributed by atoms with E-state index in [0.29, 0.717) is 13.1 Å². The summed E-state index contributed by atoms with van der Waals surface area (Å²) in [7, 11) is 2.59. The lowest BCUT2D eigenvalue weighted by Crippen LogP contribution is -2.51. The van der Waals surface area contributed by atoms with E-state index in [-0.39, 0.29) is 35.7 Å². The fourth-order valence-electron chi connectivity index (χ4n) is 9.16. The summed E-state index contributed by atoms with van der Waals surface area (Å²) in [5.74, 6) is 0.961. The fraction of sp³-hybridized carbons (Fsp3) is 0.360. The predicted molar refractivity (Wildman–Crippen MR) is 246 cm³/mol. The van der Waals surface area contributed by atoms with Gasteiger partial charge in [-0.15, -0.1) is 0 Å². The molecule has 2 aromatic heterocycles. The first-order valence-corrected chi connectivity index (χ1v) is 22.1. The van der Waals surface area contributed by atoms with Crippen LogP contribution in [0.4, 0.5) is 9.59 Å². The van der Waals surface area contributed by atoms with E-state index in [4.69, 9.17) is 19.4 Å². The summed E-state index contributed by atoms with van der Waals surface area (Å²) < 4.78 is 9.56. The molecule has 6 aromatic rings. The van der Waals surface area contributed by atoms with Gasteiger partial charge in [0.05, 0.1) is 50.1 Å². The zero-order valence-electron chi connectivity index (χ0n) is 37.2. The number of amides is 4. The lowest BCUT2D eigenvalue weighted by atomic mass is 9.92. The topological polar surface area (TPSA) is 175 Å². The number of carbonyl (C=O) groups is 4. The van der Waals surface area contributed by atoms with Crippen LogP contribution in [0.5, 0.6) is 0 Å². The Hall–Kier alpha value is -6.96. The highest BCUT2D eigenvalue weighted by molar-refractivity contribution is 6.04. The van der Waals surface area contributed by atoms with Crippen LogP contribution >= 0.6 is 0 Å². The van der Waals surface area contributed by atoms with Crippen molar-refractivity contribution in [1.82, 2.24) is 40.4 Å². The van der Waals surface area contributed by atoms with Gasteiger partial charge in [-0.3, -0.25) is 9.59 Å². The number of aromatic amines is 2. The summed E-state index contributed by atoms with van der Waals surface area (Å²) >= 11 is 0. The smallest absolute Gasteiger partial charge is 0.407 e. The third kappa shape index (κ3) is 8.81. The SMILES string of the molecule is COC(=O)N[C@H](C(=O)N1CCC[C@H]1c1ncc(-c2ccc(-c3cccc4c(-c5ccc(-c6cnc([C@@H]7CCCN7C(=O)[C@@H](NC(=O)OC)C(C)C)[nH]6)cc5)cccc34)cc2)[nH]1)C(C)C. The molecule has 4 amide bonds. The second-order valence-corrected chi connectivity index (χ2v) is 17.3. The largest absolute Gasteiger partial charge is 0.453 e. The normalized spacial score (nSPS) is 17.2. The maximum atomic E-state index is 13.6. The lowest BCUT2D eigenvalue weighted by Gasteiger charge is -2.30. The first kappa shape index (κ1) is 43.7. The highest BCUT2D eigenvalue weighted by Gasteiger charge is 2.39. The van der Waals surface area contributed by atoms with Gasteiger partial charge in [0.15, 0.2) is 0 Å². The molecule has 0 spiro atoms. The van der Waals surface area contributed by atoms with Gasteiger partial charge in [-0.05, 0) is 81.7 Å². The molecule has 332 valence electrons. The number of hydrogen-bond donors (Lipinski definition) is 4. The Morgan fingerprint density at radius 1 is 0.578 bits per heavy atom. The average molecular weight is 865 g/mol. The van der Waals surface area contributed by atoms with Gasteiger partial charge in [0, 0.05) is 13.1 Å². The Kier molecular flexibility index (Phi) is 12.8. The van der Waals surface area contributed by atoms with Crippen molar-refractivity contribution in [2.24, 2.45) is 11.8 Å². The second kappa shape index (κ2) is 18.8. The van der Waals surface area contributed by atoms with Crippen LogP contribution in [0.25, 0.3) is 55.5 Å². The van der Waals surface area contributed by atoms with Gasteiger partial charge < -0.3 is 39.9 Å². The molecule has 2 fully saturated rings. The standard InChI is InChI=1S/C50H56N8O6/c1-29(2)43(55-49(61)63-5)47(59)57-25-9-15-41(57)45-51-27-39(53-45)33-21-17-31(18-22-33)35-11-7-14-38-36(12-8-13-37(35)38)32-19-23-34(24-20-32)40-28-52-46(54-40)42-16-10-26-58(42)48(60)44(30(3)4)56-50(62)64-6/h7-8,11-14,17-24,27-30,41-44H,9-10,15-16,25-26H2,1-6H3,(H,51,53)(H,52,54)(H,55,61)(H,56,62)/t41-,42-,43-,44-/m0/s1. The molecule has 64 heavy (non-hydrogen) atoms. The van der Waals surface area contributed by atoms with Crippen molar-refractivity contribution in [3.63, 3.8) is 0 Å². The van der Waals surface area contributed by atoms with Crippen molar-refractivity contribution in [3.8, 4) is 44.8 Å².